The summed E-state index contributed by atoms with van der Waals surface area (Å²) in [6, 6.07) is 3.29. The molecule has 0 atom stereocenters. The first-order valence-corrected chi connectivity index (χ1v) is 4.33. The lowest BCUT2D eigenvalue weighted by Gasteiger charge is -2.07. The maximum absolute atomic E-state index is 13.0. The molecule has 0 amide bonds. The third kappa shape index (κ3) is 3.45. The molecule has 3 nitrogen and oxygen atoms in total. The quantitative estimate of drug-likeness (QED) is 0.749. The Morgan fingerprint density at radius 2 is 2.12 bits per heavy atom. The zero-order chi connectivity index (χ0) is 12.1. The molecule has 88 valence electrons. The highest BCUT2D eigenvalue weighted by Crippen LogP contribution is 2.21. The van der Waals surface area contributed by atoms with Gasteiger partial charge in [0.25, 0.3) is 0 Å². The van der Waals surface area contributed by atoms with Gasteiger partial charge >= 0.3 is 12.6 Å². The largest absolute Gasteiger partial charge is 0.469 e. The molecule has 0 aliphatic heterocycles. The Kier molecular flexibility index (Phi) is 4.16. The van der Waals surface area contributed by atoms with Gasteiger partial charge in [0.1, 0.15) is 0 Å². The molecule has 0 saturated carbocycles. The molecule has 1 aromatic rings. The number of rotatable bonds is 4. The van der Waals surface area contributed by atoms with Crippen molar-refractivity contribution in [2.45, 2.75) is 13.0 Å². The van der Waals surface area contributed by atoms with Crippen molar-refractivity contribution in [3.05, 3.63) is 29.6 Å². The van der Waals surface area contributed by atoms with E-state index in [1.165, 1.54) is 13.2 Å². The molecule has 0 radical (unpaired) electrons. The van der Waals surface area contributed by atoms with Gasteiger partial charge in [0.15, 0.2) is 11.6 Å². The summed E-state index contributed by atoms with van der Waals surface area (Å²) in [6.45, 7) is -3.11. The smallest absolute Gasteiger partial charge is 0.387 e. The fourth-order valence-corrected chi connectivity index (χ4v) is 1.08. The van der Waals surface area contributed by atoms with Crippen LogP contribution in [0.2, 0.25) is 0 Å². The van der Waals surface area contributed by atoms with Gasteiger partial charge in [0.2, 0.25) is 0 Å². The summed E-state index contributed by atoms with van der Waals surface area (Å²) in [4.78, 5) is 10.9. The highest BCUT2D eigenvalue weighted by atomic mass is 19.3. The number of ether oxygens (including phenoxy) is 2. The van der Waals surface area contributed by atoms with E-state index in [4.69, 9.17) is 0 Å². The molecule has 1 aromatic carbocycles. The van der Waals surface area contributed by atoms with Gasteiger partial charge in [-0.25, -0.2) is 4.39 Å². The summed E-state index contributed by atoms with van der Waals surface area (Å²) in [5, 5.41) is 0. The van der Waals surface area contributed by atoms with E-state index < -0.39 is 24.1 Å². The summed E-state index contributed by atoms with van der Waals surface area (Å²) in [5.41, 5.74) is 0.337. The fourth-order valence-electron chi connectivity index (χ4n) is 1.08. The van der Waals surface area contributed by atoms with Crippen molar-refractivity contribution in [1.82, 2.24) is 0 Å². The van der Waals surface area contributed by atoms with Crippen LogP contribution in [0.5, 0.6) is 5.75 Å². The Labute approximate surface area is 89.8 Å². The molecule has 0 bridgehead atoms. The van der Waals surface area contributed by atoms with Crippen LogP contribution in [-0.2, 0) is 16.0 Å². The van der Waals surface area contributed by atoms with E-state index >= 15 is 0 Å². The van der Waals surface area contributed by atoms with Crippen molar-refractivity contribution < 1.29 is 27.4 Å². The molecular weight excluding hydrogens is 225 g/mol. The lowest BCUT2D eigenvalue weighted by Crippen LogP contribution is -2.07. The van der Waals surface area contributed by atoms with Crippen molar-refractivity contribution in [2.24, 2.45) is 0 Å². The van der Waals surface area contributed by atoms with E-state index in [0.717, 1.165) is 12.1 Å². The number of benzene rings is 1. The van der Waals surface area contributed by atoms with Crippen LogP contribution in [0.15, 0.2) is 18.2 Å². The number of esters is 1. The highest BCUT2D eigenvalue weighted by molar-refractivity contribution is 5.72. The van der Waals surface area contributed by atoms with E-state index in [9.17, 15) is 18.0 Å². The Morgan fingerprint density at radius 1 is 1.44 bits per heavy atom. The molecular formula is C10H9F3O3. The molecule has 0 aromatic heterocycles. The summed E-state index contributed by atoms with van der Waals surface area (Å²) < 4.78 is 45.1. The van der Waals surface area contributed by atoms with Crippen LogP contribution in [0.1, 0.15) is 5.56 Å². The average Bonchev–Trinajstić information content (AvgIpc) is 2.22. The number of carbonyl (C=O) groups is 1. The van der Waals surface area contributed by atoms with Crippen LogP contribution < -0.4 is 4.74 Å². The second kappa shape index (κ2) is 5.39. The molecule has 0 fully saturated rings. The maximum Gasteiger partial charge on any atom is 0.387 e. The third-order valence-electron chi connectivity index (χ3n) is 1.79. The van der Waals surface area contributed by atoms with E-state index in [1.807, 2.05) is 0 Å². The number of hydrogen-bond acceptors (Lipinski definition) is 3. The SMILES string of the molecule is COC(=O)Cc1ccc(F)c(OC(F)F)c1. The van der Waals surface area contributed by atoms with Crippen LogP contribution in [0.3, 0.4) is 0 Å². The molecule has 0 aliphatic carbocycles. The molecule has 0 spiro atoms. The topological polar surface area (TPSA) is 35.5 Å². The van der Waals surface area contributed by atoms with Crippen LogP contribution >= 0.6 is 0 Å². The normalized spacial score (nSPS) is 10.3. The minimum atomic E-state index is -3.11. The number of halogens is 3. The number of hydrogen-bond donors (Lipinski definition) is 0. The van der Waals surface area contributed by atoms with Gasteiger partial charge in [0, 0.05) is 0 Å². The standard InChI is InChI=1S/C10H9F3O3/c1-15-9(14)5-6-2-3-7(11)8(4-6)16-10(12)13/h2-4,10H,5H2,1H3. The van der Waals surface area contributed by atoms with Crippen LogP contribution in [0.25, 0.3) is 0 Å². The van der Waals surface area contributed by atoms with E-state index in [2.05, 4.69) is 9.47 Å². The van der Waals surface area contributed by atoms with Gasteiger partial charge in [0.05, 0.1) is 13.5 Å². The summed E-state index contributed by atoms with van der Waals surface area (Å²) in [7, 11) is 1.20. The number of methoxy groups -OCH3 is 1. The molecule has 0 unspecified atom stereocenters. The van der Waals surface area contributed by atoms with Crippen LogP contribution in [0, 0.1) is 5.82 Å². The predicted molar refractivity (Wildman–Crippen MR) is 48.8 cm³/mol. The molecule has 6 heteroatoms. The minimum Gasteiger partial charge on any atom is -0.469 e. The molecule has 0 N–H and O–H groups in total. The Balaban J connectivity index is 2.84. The van der Waals surface area contributed by atoms with Gasteiger partial charge in [-0.1, -0.05) is 6.07 Å². The summed E-state index contributed by atoms with van der Waals surface area (Å²) in [6.07, 6.45) is -0.129. The maximum atomic E-state index is 13.0. The van der Waals surface area contributed by atoms with Crippen molar-refractivity contribution in [1.29, 1.82) is 0 Å². The summed E-state index contributed by atoms with van der Waals surface area (Å²) >= 11 is 0. The number of carbonyl (C=O) groups excluding carboxylic acids is 1. The molecule has 1 rings (SSSR count). The highest BCUT2D eigenvalue weighted by Gasteiger charge is 2.12. The fraction of sp³-hybridized carbons (Fsp3) is 0.300. The number of alkyl halides is 2. The van der Waals surface area contributed by atoms with Gasteiger partial charge in [-0.2, -0.15) is 8.78 Å². The lowest BCUT2D eigenvalue weighted by molar-refractivity contribution is -0.139. The van der Waals surface area contributed by atoms with Crippen molar-refractivity contribution >= 4 is 5.97 Å². The van der Waals surface area contributed by atoms with Crippen molar-refractivity contribution in [2.75, 3.05) is 7.11 Å². The second-order valence-electron chi connectivity index (χ2n) is 2.90. The van der Waals surface area contributed by atoms with E-state index in [-0.39, 0.29) is 6.42 Å². The minimum absolute atomic E-state index is 0.129. The van der Waals surface area contributed by atoms with Crippen molar-refractivity contribution in [3.63, 3.8) is 0 Å². The van der Waals surface area contributed by atoms with Gasteiger partial charge in [-0.15, -0.1) is 0 Å². The van der Waals surface area contributed by atoms with Crippen LogP contribution in [-0.4, -0.2) is 19.7 Å². The second-order valence-corrected chi connectivity index (χ2v) is 2.90. The molecule has 0 saturated heterocycles. The van der Waals surface area contributed by atoms with Gasteiger partial charge in [-0.3, -0.25) is 4.79 Å². The predicted octanol–water partition coefficient (Wildman–Crippen LogP) is 2.14. The Hall–Kier alpha value is -1.72. The first-order valence-electron chi connectivity index (χ1n) is 4.33. The third-order valence-corrected chi connectivity index (χ3v) is 1.79. The van der Waals surface area contributed by atoms with Gasteiger partial charge < -0.3 is 9.47 Å². The molecule has 0 heterocycles. The monoisotopic (exact) mass is 234 g/mol. The van der Waals surface area contributed by atoms with Crippen molar-refractivity contribution in [3.8, 4) is 5.75 Å². The van der Waals surface area contributed by atoms with E-state index in [1.54, 1.807) is 0 Å². The Bertz CT molecular complexity index is 380. The van der Waals surface area contributed by atoms with Crippen LogP contribution in [0.4, 0.5) is 13.2 Å². The summed E-state index contributed by atoms with van der Waals surface area (Å²) in [5.74, 6) is -2.04. The first-order chi connectivity index (χ1) is 7.52. The Morgan fingerprint density at radius 3 is 2.69 bits per heavy atom. The van der Waals surface area contributed by atoms with E-state index in [0.29, 0.717) is 5.56 Å². The zero-order valence-electron chi connectivity index (χ0n) is 8.38. The molecule has 16 heavy (non-hydrogen) atoms. The molecule has 0 aliphatic rings. The average molecular weight is 234 g/mol. The van der Waals surface area contributed by atoms with Gasteiger partial charge in [-0.05, 0) is 17.7 Å². The lowest BCUT2D eigenvalue weighted by atomic mass is 10.1. The first kappa shape index (κ1) is 12.4. The zero-order valence-corrected chi connectivity index (χ0v) is 8.38.